The van der Waals surface area contributed by atoms with Gasteiger partial charge >= 0.3 is 0 Å². The van der Waals surface area contributed by atoms with Crippen molar-refractivity contribution in [2.45, 2.75) is 6.92 Å². The number of halogens is 1. The van der Waals surface area contributed by atoms with Gasteiger partial charge in [-0.2, -0.15) is 5.26 Å². The zero-order valence-electron chi connectivity index (χ0n) is 9.12. The highest BCUT2D eigenvalue weighted by atomic mass is 19.1. The van der Waals surface area contributed by atoms with E-state index in [9.17, 15) is 9.18 Å². The molecule has 17 heavy (non-hydrogen) atoms. The molecule has 0 aliphatic carbocycles. The lowest BCUT2D eigenvalue weighted by molar-refractivity contribution is 0.628. The SMILES string of the molecule is Cc1cc(-c2cc(F)cc(C#N)c2)c[nH]c1=O. The van der Waals surface area contributed by atoms with Gasteiger partial charge in [-0.05, 0) is 42.3 Å². The highest BCUT2D eigenvalue weighted by molar-refractivity contribution is 5.65. The summed E-state index contributed by atoms with van der Waals surface area (Å²) in [5.74, 6) is -0.470. The van der Waals surface area contributed by atoms with E-state index < -0.39 is 5.82 Å². The molecule has 84 valence electrons. The Morgan fingerprint density at radius 3 is 2.65 bits per heavy atom. The zero-order chi connectivity index (χ0) is 12.4. The number of nitrogens with one attached hydrogen (secondary N) is 1. The maximum Gasteiger partial charge on any atom is 0.250 e. The lowest BCUT2D eigenvalue weighted by Crippen LogP contribution is -2.07. The van der Waals surface area contributed by atoms with Crippen molar-refractivity contribution in [2.75, 3.05) is 0 Å². The molecule has 4 heteroatoms. The maximum atomic E-state index is 13.3. The summed E-state index contributed by atoms with van der Waals surface area (Å²) in [6.45, 7) is 1.67. The van der Waals surface area contributed by atoms with Crippen LogP contribution < -0.4 is 5.56 Å². The Kier molecular flexibility index (Phi) is 2.75. The number of aryl methyl sites for hydroxylation is 1. The van der Waals surface area contributed by atoms with Gasteiger partial charge in [0, 0.05) is 11.8 Å². The van der Waals surface area contributed by atoms with Crippen molar-refractivity contribution in [1.82, 2.24) is 4.98 Å². The van der Waals surface area contributed by atoms with Crippen molar-refractivity contribution in [3.05, 3.63) is 57.8 Å². The van der Waals surface area contributed by atoms with E-state index in [-0.39, 0.29) is 11.1 Å². The van der Waals surface area contributed by atoms with Crippen LogP contribution in [0, 0.1) is 24.1 Å². The average Bonchev–Trinajstić information content (AvgIpc) is 2.32. The van der Waals surface area contributed by atoms with Gasteiger partial charge in [-0.1, -0.05) is 0 Å². The second kappa shape index (κ2) is 4.22. The summed E-state index contributed by atoms with van der Waals surface area (Å²) in [5.41, 5.74) is 1.87. The summed E-state index contributed by atoms with van der Waals surface area (Å²) in [6, 6.07) is 7.63. The van der Waals surface area contributed by atoms with Gasteiger partial charge in [0.2, 0.25) is 0 Å². The fraction of sp³-hybridized carbons (Fsp3) is 0.0769. The van der Waals surface area contributed by atoms with Crippen LogP contribution in [-0.4, -0.2) is 4.98 Å². The first-order valence-corrected chi connectivity index (χ1v) is 5.00. The molecule has 0 aliphatic heterocycles. The van der Waals surface area contributed by atoms with E-state index in [1.54, 1.807) is 19.1 Å². The van der Waals surface area contributed by atoms with Gasteiger partial charge in [0.05, 0.1) is 11.6 Å². The summed E-state index contributed by atoms with van der Waals surface area (Å²) in [5, 5.41) is 8.76. The number of pyridine rings is 1. The van der Waals surface area contributed by atoms with E-state index in [4.69, 9.17) is 5.26 Å². The molecule has 0 radical (unpaired) electrons. The summed E-state index contributed by atoms with van der Waals surface area (Å²) in [7, 11) is 0. The molecule has 1 N–H and O–H groups in total. The fourth-order valence-corrected chi connectivity index (χ4v) is 1.59. The Morgan fingerprint density at radius 2 is 2.00 bits per heavy atom. The number of rotatable bonds is 1. The standard InChI is InChI=1S/C13H9FN2O/c1-8-2-11(7-16-13(8)17)10-3-9(6-15)4-12(14)5-10/h2-5,7H,1H3,(H,16,17). The third-order valence-corrected chi connectivity index (χ3v) is 2.45. The summed E-state index contributed by atoms with van der Waals surface area (Å²) in [4.78, 5) is 13.8. The number of benzene rings is 1. The smallest absolute Gasteiger partial charge is 0.250 e. The fourth-order valence-electron chi connectivity index (χ4n) is 1.59. The highest BCUT2D eigenvalue weighted by Crippen LogP contribution is 2.21. The first-order chi connectivity index (χ1) is 8.10. The Bertz CT molecular complexity index is 668. The van der Waals surface area contributed by atoms with Crippen molar-refractivity contribution >= 4 is 0 Å². The Labute approximate surface area is 97.2 Å². The number of H-pyrrole nitrogens is 1. The van der Waals surface area contributed by atoms with Crippen LogP contribution in [0.15, 0.2) is 35.3 Å². The lowest BCUT2D eigenvalue weighted by Gasteiger charge is -2.03. The molecule has 0 bridgehead atoms. The number of aromatic amines is 1. The molecule has 0 amide bonds. The lowest BCUT2D eigenvalue weighted by atomic mass is 10.0. The van der Waals surface area contributed by atoms with Crippen molar-refractivity contribution < 1.29 is 4.39 Å². The van der Waals surface area contributed by atoms with Gasteiger partial charge in [-0.3, -0.25) is 4.79 Å². The minimum Gasteiger partial charge on any atom is -0.328 e. The molecular weight excluding hydrogens is 219 g/mol. The quantitative estimate of drug-likeness (QED) is 0.814. The third kappa shape index (κ3) is 2.23. The number of nitriles is 1. The molecule has 0 unspecified atom stereocenters. The van der Waals surface area contributed by atoms with Crippen LogP contribution in [0.4, 0.5) is 4.39 Å². The van der Waals surface area contributed by atoms with Gasteiger partial charge in [0.15, 0.2) is 0 Å². The molecule has 1 heterocycles. The third-order valence-electron chi connectivity index (χ3n) is 2.45. The van der Waals surface area contributed by atoms with Crippen molar-refractivity contribution in [1.29, 1.82) is 5.26 Å². The van der Waals surface area contributed by atoms with Gasteiger partial charge in [0.1, 0.15) is 5.82 Å². The van der Waals surface area contributed by atoms with Crippen LogP contribution in [0.5, 0.6) is 0 Å². The predicted molar refractivity (Wildman–Crippen MR) is 61.9 cm³/mol. The Hall–Kier alpha value is -2.41. The summed E-state index contributed by atoms with van der Waals surface area (Å²) >= 11 is 0. The van der Waals surface area contributed by atoms with Crippen LogP contribution in [0.3, 0.4) is 0 Å². The molecular formula is C13H9FN2O. The van der Waals surface area contributed by atoms with Crippen molar-refractivity contribution in [2.24, 2.45) is 0 Å². The Balaban J connectivity index is 2.60. The van der Waals surface area contributed by atoms with Crippen LogP contribution in [-0.2, 0) is 0 Å². The van der Waals surface area contributed by atoms with E-state index in [1.807, 2.05) is 6.07 Å². The molecule has 0 fully saturated rings. The topological polar surface area (TPSA) is 56.6 Å². The first-order valence-electron chi connectivity index (χ1n) is 5.00. The molecule has 0 spiro atoms. The highest BCUT2D eigenvalue weighted by Gasteiger charge is 2.04. The van der Waals surface area contributed by atoms with Crippen LogP contribution in [0.1, 0.15) is 11.1 Å². The summed E-state index contributed by atoms with van der Waals surface area (Å²) < 4.78 is 13.3. The summed E-state index contributed by atoms with van der Waals surface area (Å²) in [6.07, 6.45) is 1.51. The normalized spacial score (nSPS) is 9.94. The Morgan fingerprint density at radius 1 is 1.24 bits per heavy atom. The molecule has 1 aromatic carbocycles. The van der Waals surface area contributed by atoms with Gasteiger partial charge in [0.25, 0.3) is 5.56 Å². The second-order valence-corrected chi connectivity index (χ2v) is 3.74. The zero-order valence-corrected chi connectivity index (χ0v) is 9.12. The van der Waals surface area contributed by atoms with E-state index in [1.165, 1.54) is 18.3 Å². The first kappa shape index (κ1) is 11.1. The molecule has 0 atom stereocenters. The largest absolute Gasteiger partial charge is 0.328 e. The van der Waals surface area contributed by atoms with Gasteiger partial charge in [-0.25, -0.2) is 4.39 Å². The second-order valence-electron chi connectivity index (χ2n) is 3.74. The average molecular weight is 228 g/mol. The molecule has 0 saturated heterocycles. The van der Waals surface area contributed by atoms with E-state index in [2.05, 4.69) is 4.98 Å². The van der Waals surface area contributed by atoms with Crippen LogP contribution in [0.25, 0.3) is 11.1 Å². The minimum absolute atomic E-state index is 0.175. The van der Waals surface area contributed by atoms with Gasteiger partial charge in [-0.15, -0.1) is 0 Å². The molecule has 3 nitrogen and oxygen atoms in total. The van der Waals surface area contributed by atoms with E-state index >= 15 is 0 Å². The van der Waals surface area contributed by atoms with Crippen LogP contribution in [0.2, 0.25) is 0 Å². The molecule has 0 aliphatic rings. The van der Waals surface area contributed by atoms with Crippen molar-refractivity contribution in [3.63, 3.8) is 0 Å². The van der Waals surface area contributed by atoms with E-state index in [0.717, 1.165) is 0 Å². The minimum atomic E-state index is -0.470. The number of hydrogen-bond acceptors (Lipinski definition) is 2. The van der Waals surface area contributed by atoms with E-state index in [0.29, 0.717) is 16.7 Å². The molecule has 2 aromatic rings. The number of nitrogens with zero attached hydrogens (tertiary/aromatic N) is 1. The monoisotopic (exact) mass is 228 g/mol. The molecule has 1 aromatic heterocycles. The van der Waals surface area contributed by atoms with Crippen molar-refractivity contribution in [3.8, 4) is 17.2 Å². The maximum absolute atomic E-state index is 13.3. The molecule has 2 rings (SSSR count). The predicted octanol–water partition coefficient (Wildman–Crippen LogP) is 2.36. The molecule has 0 saturated carbocycles. The number of aromatic nitrogens is 1. The van der Waals surface area contributed by atoms with Gasteiger partial charge < -0.3 is 4.98 Å². The van der Waals surface area contributed by atoms with Crippen LogP contribution >= 0.6 is 0 Å². The number of hydrogen-bond donors (Lipinski definition) is 1.